The van der Waals surface area contributed by atoms with Gasteiger partial charge in [-0.25, -0.2) is 9.80 Å². The van der Waals surface area contributed by atoms with Crippen LogP contribution in [0.5, 0.6) is 5.75 Å². The topological polar surface area (TPSA) is 101 Å². The number of ether oxygens (including phenoxy) is 1. The molecule has 3 aromatic rings. The van der Waals surface area contributed by atoms with Crippen LogP contribution in [-0.4, -0.2) is 46.0 Å². The fourth-order valence-corrected chi connectivity index (χ4v) is 6.09. The van der Waals surface area contributed by atoms with E-state index in [4.69, 9.17) is 27.9 Å². The zero-order valence-electron chi connectivity index (χ0n) is 22.4. The Morgan fingerprint density at radius 3 is 2.21 bits per heavy atom. The molecule has 216 valence electrons. The van der Waals surface area contributed by atoms with E-state index in [1.54, 1.807) is 24.3 Å². The molecule has 11 heteroatoms. The Morgan fingerprint density at radius 1 is 0.905 bits per heavy atom. The van der Waals surface area contributed by atoms with Crippen LogP contribution >= 0.6 is 39.1 Å². The molecule has 1 aliphatic carbocycles. The van der Waals surface area contributed by atoms with Crippen molar-refractivity contribution in [2.45, 2.75) is 26.2 Å². The lowest BCUT2D eigenvalue weighted by Gasteiger charge is -2.30. The van der Waals surface area contributed by atoms with Gasteiger partial charge in [-0.3, -0.25) is 19.2 Å². The van der Waals surface area contributed by atoms with E-state index in [0.717, 1.165) is 20.9 Å². The van der Waals surface area contributed by atoms with E-state index in [1.165, 1.54) is 42.5 Å². The summed E-state index contributed by atoms with van der Waals surface area (Å²) in [6.45, 7) is 1.43. The number of halogens is 3. The van der Waals surface area contributed by atoms with E-state index in [2.05, 4.69) is 15.9 Å². The molecule has 0 unspecified atom stereocenters. The molecule has 0 radical (unpaired) electrons. The number of rotatable bonds is 7. The molecule has 3 atom stereocenters. The first-order valence-electron chi connectivity index (χ1n) is 13.3. The minimum Gasteiger partial charge on any atom is -0.423 e. The number of hydrogen-bond acceptors (Lipinski definition) is 6. The third-order valence-corrected chi connectivity index (χ3v) is 8.64. The summed E-state index contributed by atoms with van der Waals surface area (Å²) in [5.74, 6) is -3.51. The lowest BCUT2D eigenvalue weighted by Crippen LogP contribution is -2.52. The van der Waals surface area contributed by atoms with E-state index >= 15 is 0 Å². The zero-order chi connectivity index (χ0) is 30.1. The highest BCUT2D eigenvalue weighted by Crippen LogP contribution is 2.41. The molecular weight excluding hydrogens is 647 g/mol. The van der Waals surface area contributed by atoms with Crippen molar-refractivity contribution in [3.8, 4) is 5.75 Å². The van der Waals surface area contributed by atoms with Crippen molar-refractivity contribution in [2.24, 2.45) is 17.8 Å². The van der Waals surface area contributed by atoms with Crippen LogP contribution in [0, 0.1) is 17.8 Å². The molecule has 1 saturated carbocycles. The van der Waals surface area contributed by atoms with E-state index in [-0.39, 0.29) is 27.8 Å². The van der Waals surface area contributed by atoms with Crippen LogP contribution < -0.4 is 4.74 Å². The Bertz CT molecular complexity index is 1580. The molecule has 3 amide bonds. The molecule has 1 heterocycles. The molecular formula is C31H25BrCl2N2O6. The summed E-state index contributed by atoms with van der Waals surface area (Å²) >= 11 is 15.6. The summed E-state index contributed by atoms with van der Waals surface area (Å²) in [7, 11) is 0. The number of carbonyl (C=O) groups is 5. The van der Waals surface area contributed by atoms with Crippen molar-refractivity contribution in [1.82, 2.24) is 10.0 Å². The number of hydrazine groups is 1. The maximum absolute atomic E-state index is 13.8. The van der Waals surface area contributed by atoms with E-state index in [9.17, 15) is 24.0 Å². The molecule has 0 bridgehead atoms. The largest absolute Gasteiger partial charge is 0.423 e. The molecule has 0 N–H and O–H groups in total. The van der Waals surface area contributed by atoms with Gasteiger partial charge in [0.05, 0.1) is 28.0 Å². The van der Waals surface area contributed by atoms with Crippen molar-refractivity contribution < 1.29 is 28.7 Å². The van der Waals surface area contributed by atoms with Crippen LogP contribution in [0.15, 0.2) is 71.2 Å². The summed E-state index contributed by atoms with van der Waals surface area (Å²) in [5, 5.41) is 2.03. The molecule has 2 fully saturated rings. The first-order valence-corrected chi connectivity index (χ1v) is 14.8. The van der Waals surface area contributed by atoms with E-state index in [1.807, 2.05) is 6.92 Å². The molecule has 0 aromatic heterocycles. The Kier molecular flexibility index (Phi) is 8.82. The van der Waals surface area contributed by atoms with Crippen LogP contribution in [-0.2, 0) is 9.59 Å². The van der Waals surface area contributed by atoms with Crippen LogP contribution in [0.3, 0.4) is 0 Å². The van der Waals surface area contributed by atoms with Gasteiger partial charge in [0.15, 0.2) is 5.78 Å². The second-order valence-electron chi connectivity index (χ2n) is 10.5. The summed E-state index contributed by atoms with van der Waals surface area (Å²) in [6.07, 6.45) is 1.86. The number of amides is 3. The van der Waals surface area contributed by atoms with E-state index in [0.29, 0.717) is 23.4 Å². The monoisotopic (exact) mass is 670 g/mol. The van der Waals surface area contributed by atoms with Crippen molar-refractivity contribution in [3.63, 3.8) is 0 Å². The SMILES string of the molecule is C[C@@H]1CC[C@H]2C(=O)N(N(CC(=O)c3ccc(OC(=O)c4ccc(Br)cc4)cc3)C(=O)c3ccc(Cl)cc3Cl)C(=O)[C@H]2C1. The predicted molar refractivity (Wildman–Crippen MR) is 159 cm³/mol. The quantitative estimate of drug-likeness (QED) is 0.121. The van der Waals surface area contributed by atoms with Gasteiger partial charge in [0, 0.05) is 15.1 Å². The Morgan fingerprint density at radius 2 is 1.55 bits per heavy atom. The molecule has 0 spiro atoms. The van der Waals surface area contributed by atoms with Gasteiger partial charge in [-0.2, -0.15) is 5.01 Å². The number of Topliss-reactive ketones (excluding diaryl/α,β-unsaturated/α-hetero) is 1. The number of nitrogens with zero attached hydrogens (tertiary/aromatic N) is 2. The van der Waals surface area contributed by atoms with Crippen molar-refractivity contribution >= 4 is 68.6 Å². The number of benzene rings is 3. The van der Waals surface area contributed by atoms with E-state index < -0.39 is 47.9 Å². The standard InChI is InChI=1S/C31H25BrCl2N2O6/c1-17-2-12-23-25(14-17)30(40)36(29(23)39)35(28(38)24-13-9-21(33)15-26(24)34)16-27(37)18-5-10-22(11-6-18)42-31(41)19-3-7-20(32)8-4-19/h3-11,13,15,17,23,25H,2,12,14,16H2,1H3/t17-,23-,25+/m1/s1. The van der Waals surface area contributed by atoms with Crippen LogP contribution in [0.4, 0.5) is 0 Å². The third-order valence-electron chi connectivity index (χ3n) is 7.56. The smallest absolute Gasteiger partial charge is 0.343 e. The minimum atomic E-state index is -0.779. The molecule has 42 heavy (non-hydrogen) atoms. The number of esters is 1. The first-order chi connectivity index (χ1) is 20.0. The average Bonchev–Trinajstić information content (AvgIpc) is 3.20. The average molecular weight is 672 g/mol. The molecule has 3 aromatic carbocycles. The predicted octanol–water partition coefficient (Wildman–Crippen LogP) is 6.64. The maximum Gasteiger partial charge on any atom is 0.343 e. The van der Waals surface area contributed by atoms with Crippen molar-refractivity contribution in [1.29, 1.82) is 0 Å². The number of fused-ring (bicyclic) bond motifs is 1. The lowest BCUT2D eigenvalue weighted by molar-refractivity contribution is -0.154. The van der Waals surface area contributed by atoms with Crippen molar-refractivity contribution in [3.05, 3.63) is 97.9 Å². The highest BCUT2D eigenvalue weighted by molar-refractivity contribution is 9.10. The third kappa shape index (κ3) is 6.14. The molecule has 8 nitrogen and oxygen atoms in total. The Balaban J connectivity index is 1.39. The summed E-state index contributed by atoms with van der Waals surface area (Å²) in [6, 6.07) is 16.7. The minimum absolute atomic E-state index is 0.00657. The fraction of sp³-hybridized carbons (Fsp3) is 0.258. The van der Waals surface area contributed by atoms with Gasteiger partial charge in [-0.1, -0.05) is 46.1 Å². The van der Waals surface area contributed by atoms with Gasteiger partial charge in [0.2, 0.25) is 0 Å². The Labute approximate surface area is 260 Å². The van der Waals surface area contributed by atoms with Gasteiger partial charge < -0.3 is 4.74 Å². The molecule has 5 rings (SSSR count). The second kappa shape index (κ2) is 12.4. The normalized spacial score (nSPS) is 19.8. The zero-order valence-corrected chi connectivity index (χ0v) is 25.5. The van der Waals surface area contributed by atoms with Crippen LogP contribution in [0.25, 0.3) is 0 Å². The Hall–Kier alpha value is -3.53. The number of hydrogen-bond donors (Lipinski definition) is 0. The number of ketones is 1. The summed E-state index contributed by atoms with van der Waals surface area (Å²) in [5.41, 5.74) is 0.528. The van der Waals surface area contributed by atoms with Crippen LogP contribution in [0.1, 0.15) is 57.3 Å². The fourth-order valence-electron chi connectivity index (χ4n) is 5.33. The van der Waals surface area contributed by atoms with Gasteiger partial charge >= 0.3 is 5.97 Å². The number of imide groups is 1. The maximum atomic E-state index is 13.8. The highest BCUT2D eigenvalue weighted by atomic mass is 79.9. The van der Waals surface area contributed by atoms with Crippen molar-refractivity contribution in [2.75, 3.05) is 6.54 Å². The van der Waals surface area contributed by atoms with Gasteiger partial charge in [0.25, 0.3) is 17.7 Å². The highest BCUT2D eigenvalue weighted by Gasteiger charge is 2.53. The summed E-state index contributed by atoms with van der Waals surface area (Å²) < 4.78 is 6.21. The molecule has 2 aliphatic rings. The van der Waals surface area contributed by atoms with Gasteiger partial charge in [-0.05, 0) is 91.9 Å². The first kappa shape index (κ1) is 29.9. The van der Waals surface area contributed by atoms with Gasteiger partial charge in [-0.15, -0.1) is 0 Å². The summed E-state index contributed by atoms with van der Waals surface area (Å²) in [4.78, 5) is 66.6. The number of carbonyl (C=O) groups excluding carboxylic acids is 5. The lowest BCUT2D eigenvalue weighted by atomic mass is 9.76. The van der Waals surface area contributed by atoms with Gasteiger partial charge in [0.1, 0.15) is 12.3 Å². The van der Waals surface area contributed by atoms with Crippen LogP contribution in [0.2, 0.25) is 10.0 Å². The second-order valence-corrected chi connectivity index (χ2v) is 12.2. The molecule has 1 aliphatic heterocycles. The molecule has 1 saturated heterocycles.